The number of amides is 1. The Hall–Kier alpha value is -4.75. The van der Waals surface area contributed by atoms with E-state index in [4.69, 9.17) is 10.5 Å². The predicted octanol–water partition coefficient (Wildman–Crippen LogP) is 6.21. The van der Waals surface area contributed by atoms with E-state index in [0.717, 1.165) is 16.7 Å². The first-order chi connectivity index (χ1) is 22.0. The number of pyridine rings is 2. The summed E-state index contributed by atoms with van der Waals surface area (Å²) in [6, 6.07) is 5.64. The van der Waals surface area contributed by atoms with E-state index in [1.54, 1.807) is 50.5 Å². The SMILES string of the molecule is Cc1ccnc(C(C)C(F)F)c1-n1c(=O)nc(N2C[C@@H](C)N(C(=O)OC(C)(C)C)C[C@@H]2C)c2cc(F)c(-c3c(N)cccc3F)nc21. The minimum Gasteiger partial charge on any atom is -0.444 e. The number of carbonyl (C=O) groups excluding carboxylic acids is 1. The molecular weight excluding hydrogens is 618 g/mol. The van der Waals surface area contributed by atoms with Gasteiger partial charge in [0.15, 0.2) is 11.5 Å². The lowest BCUT2D eigenvalue weighted by atomic mass is 10.0. The Labute approximate surface area is 269 Å². The fraction of sp³-hybridized carbons (Fsp3) is 0.424. The van der Waals surface area contributed by atoms with E-state index in [9.17, 15) is 18.4 Å². The zero-order chi connectivity index (χ0) is 34.5. The summed E-state index contributed by atoms with van der Waals surface area (Å²) < 4.78 is 65.8. The number of nitrogens with zero attached hydrogens (tertiary/aromatic N) is 6. The minimum atomic E-state index is -2.82. The third-order valence-electron chi connectivity index (χ3n) is 8.16. The van der Waals surface area contributed by atoms with Gasteiger partial charge in [-0.15, -0.1) is 0 Å². The van der Waals surface area contributed by atoms with Crippen molar-refractivity contribution in [3.63, 3.8) is 0 Å². The number of nitrogens with two attached hydrogens (primary N) is 1. The molecule has 3 aromatic heterocycles. The van der Waals surface area contributed by atoms with Gasteiger partial charge in [-0.1, -0.05) is 13.0 Å². The maximum Gasteiger partial charge on any atom is 0.410 e. The van der Waals surface area contributed by atoms with Gasteiger partial charge in [0.2, 0.25) is 6.43 Å². The number of aryl methyl sites for hydroxylation is 1. The number of alkyl halides is 2. The molecule has 1 amide bonds. The Balaban J connectivity index is 1.78. The van der Waals surface area contributed by atoms with Crippen LogP contribution in [0, 0.1) is 18.6 Å². The predicted molar refractivity (Wildman–Crippen MR) is 171 cm³/mol. The fourth-order valence-corrected chi connectivity index (χ4v) is 5.80. The highest BCUT2D eigenvalue weighted by molar-refractivity contribution is 5.91. The Morgan fingerprint density at radius 3 is 2.40 bits per heavy atom. The van der Waals surface area contributed by atoms with Crippen LogP contribution in [-0.2, 0) is 4.74 Å². The lowest BCUT2D eigenvalue weighted by Crippen LogP contribution is -2.59. The van der Waals surface area contributed by atoms with Crippen LogP contribution in [0.4, 0.5) is 33.9 Å². The molecule has 14 heteroatoms. The molecule has 1 aromatic carbocycles. The first-order valence-electron chi connectivity index (χ1n) is 15.2. The van der Waals surface area contributed by atoms with Crippen LogP contribution in [0.3, 0.4) is 0 Å². The molecule has 5 rings (SSSR count). The first-order valence-corrected chi connectivity index (χ1v) is 15.2. The third-order valence-corrected chi connectivity index (χ3v) is 8.16. The number of anilines is 2. The molecule has 0 bridgehead atoms. The molecule has 1 fully saturated rings. The molecule has 1 saturated heterocycles. The summed E-state index contributed by atoms with van der Waals surface area (Å²) in [7, 11) is 0. The monoisotopic (exact) mass is 655 g/mol. The number of carbonyl (C=O) groups is 1. The van der Waals surface area contributed by atoms with Crippen molar-refractivity contribution in [1.82, 2.24) is 24.4 Å². The van der Waals surface area contributed by atoms with Gasteiger partial charge in [0, 0.05) is 37.1 Å². The normalized spacial score (nSPS) is 17.8. The molecule has 47 heavy (non-hydrogen) atoms. The van der Waals surface area contributed by atoms with Crippen molar-refractivity contribution in [1.29, 1.82) is 0 Å². The van der Waals surface area contributed by atoms with Crippen molar-refractivity contribution in [2.75, 3.05) is 23.7 Å². The van der Waals surface area contributed by atoms with Crippen LogP contribution < -0.4 is 16.3 Å². The standard InChI is InChI=1S/C33H37F4N7O3/c1-16-11-12-39-25(19(4)28(36)37)27(16)44-30-20(13-22(35)26(40-30)24-21(34)9-8-10-23(24)38)29(41-31(44)45)42-14-18(3)43(15-17(42)2)32(46)47-33(5,6)7/h8-13,17-19,28H,14-15,38H2,1-7H3/t17-,18+,19?/m0/s1. The molecule has 0 spiro atoms. The van der Waals surface area contributed by atoms with Gasteiger partial charge in [-0.25, -0.2) is 36.7 Å². The van der Waals surface area contributed by atoms with Crippen molar-refractivity contribution in [3.05, 3.63) is 69.9 Å². The lowest BCUT2D eigenvalue weighted by Gasteiger charge is -2.44. The molecule has 0 saturated carbocycles. The van der Waals surface area contributed by atoms with E-state index in [1.807, 2.05) is 6.92 Å². The topological polar surface area (TPSA) is 119 Å². The van der Waals surface area contributed by atoms with Crippen LogP contribution in [0.1, 0.15) is 58.7 Å². The number of hydrogen-bond donors (Lipinski definition) is 1. The molecule has 0 radical (unpaired) electrons. The van der Waals surface area contributed by atoms with Crippen LogP contribution in [0.5, 0.6) is 0 Å². The van der Waals surface area contributed by atoms with E-state index < -0.39 is 59.1 Å². The minimum absolute atomic E-state index is 0.0112. The summed E-state index contributed by atoms with van der Waals surface area (Å²) in [4.78, 5) is 43.4. The van der Waals surface area contributed by atoms with Crippen molar-refractivity contribution in [2.45, 2.75) is 78.5 Å². The van der Waals surface area contributed by atoms with Crippen molar-refractivity contribution >= 4 is 28.6 Å². The van der Waals surface area contributed by atoms with Crippen LogP contribution in [0.25, 0.3) is 28.0 Å². The van der Waals surface area contributed by atoms with Crippen LogP contribution >= 0.6 is 0 Å². The highest BCUT2D eigenvalue weighted by atomic mass is 19.3. The molecule has 1 aliphatic rings. The van der Waals surface area contributed by atoms with E-state index in [1.165, 1.54) is 25.3 Å². The van der Waals surface area contributed by atoms with Gasteiger partial charge < -0.3 is 20.3 Å². The summed E-state index contributed by atoms with van der Waals surface area (Å²) in [6.07, 6.45) is -1.97. The number of nitrogen functional groups attached to an aromatic ring is 1. The van der Waals surface area contributed by atoms with Gasteiger partial charge >= 0.3 is 11.8 Å². The maximum absolute atomic E-state index is 16.0. The summed E-state index contributed by atoms with van der Waals surface area (Å²) >= 11 is 0. The van der Waals surface area contributed by atoms with Crippen molar-refractivity contribution < 1.29 is 27.1 Å². The van der Waals surface area contributed by atoms with E-state index in [0.29, 0.717) is 5.56 Å². The second kappa shape index (κ2) is 12.5. The quantitative estimate of drug-likeness (QED) is 0.199. The smallest absolute Gasteiger partial charge is 0.410 e. The van der Waals surface area contributed by atoms with Gasteiger partial charge in [0.1, 0.15) is 22.9 Å². The van der Waals surface area contributed by atoms with Gasteiger partial charge in [0.05, 0.1) is 28.2 Å². The summed E-state index contributed by atoms with van der Waals surface area (Å²) in [5.74, 6) is -3.12. The van der Waals surface area contributed by atoms with Gasteiger partial charge in [-0.3, -0.25) is 4.98 Å². The van der Waals surface area contributed by atoms with Gasteiger partial charge in [-0.05, 0) is 71.4 Å². The highest BCUT2D eigenvalue weighted by Gasteiger charge is 2.37. The number of halogens is 4. The second-order valence-corrected chi connectivity index (χ2v) is 12.9. The fourth-order valence-electron chi connectivity index (χ4n) is 5.80. The molecule has 250 valence electrons. The number of ether oxygens (including phenoxy) is 1. The Morgan fingerprint density at radius 1 is 1.06 bits per heavy atom. The molecular formula is C33H37F4N7O3. The van der Waals surface area contributed by atoms with E-state index in [2.05, 4.69) is 15.0 Å². The number of aromatic nitrogens is 4. The maximum atomic E-state index is 16.0. The van der Waals surface area contributed by atoms with E-state index >= 15 is 8.78 Å². The van der Waals surface area contributed by atoms with Gasteiger partial charge in [0.25, 0.3) is 0 Å². The third kappa shape index (κ3) is 6.32. The largest absolute Gasteiger partial charge is 0.444 e. The van der Waals surface area contributed by atoms with Crippen molar-refractivity contribution in [2.24, 2.45) is 0 Å². The van der Waals surface area contributed by atoms with Crippen molar-refractivity contribution in [3.8, 4) is 16.9 Å². The van der Waals surface area contributed by atoms with Crippen LogP contribution in [-0.4, -0.2) is 67.7 Å². The average Bonchev–Trinajstić information content (AvgIpc) is 2.97. The molecule has 10 nitrogen and oxygen atoms in total. The van der Waals surface area contributed by atoms with Crippen LogP contribution in [0.15, 0.2) is 41.3 Å². The Morgan fingerprint density at radius 2 is 1.77 bits per heavy atom. The Kier molecular flexibility index (Phi) is 8.91. The zero-order valence-corrected chi connectivity index (χ0v) is 27.2. The molecule has 0 aliphatic carbocycles. The molecule has 1 aliphatic heterocycles. The number of rotatable bonds is 5. The number of piperazine rings is 1. The number of benzene rings is 1. The molecule has 4 aromatic rings. The summed E-state index contributed by atoms with van der Waals surface area (Å²) in [5, 5.41) is 0.0597. The highest BCUT2D eigenvalue weighted by Crippen LogP contribution is 2.36. The molecule has 1 unspecified atom stereocenters. The van der Waals surface area contributed by atoms with E-state index in [-0.39, 0.29) is 52.6 Å². The average molecular weight is 656 g/mol. The van der Waals surface area contributed by atoms with Gasteiger partial charge in [-0.2, -0.15) is 4.98 Å². The summed E-state index contributed by atoms with van der Waals surface area (Å²) in [5.41, 5.74) is 3.72. The number of hydrogen-bond acceptors (Lipinski definition) is 8. The molecule has 3 atom stereocenters. The summed E-state index contributed by atoms with van der Waals surface area (Å²) in [6.45, 7) is 12.2. The zero-order valence-electron chi connectivity index (χ0n) is 27.2. The Bertz CT molecular complexity index is 1890. The first kappa shape index (κ1) is 33.6. The van der Waals surface area contributed by atoms with Crippen LogP contribution in [0.2, 0.25) is 0 Å². The number of fused-ring (bicyclic) bond motifs is 1. The lowest BCUT2D eigenvalue weighted by molar-refractivity contribution is 0.0130. The molecule has 2 N–H and O–H groups in total. The molecule has 4 heterocycles. The second-order valence-electron chi connectivity index (χ2n) is 12.9.